The third-order valence-electron chi connectivity index (χ3n) is 5.68. The number of hydrogen-bond donors (Lipinski definition) is 2. The first-order valence-electron chi connectivity index (χ1n) is 11.3. The Hall–Kier alpha value is -0.830. The van der Waals surface area contributed by atoms with Gasteiger partial charge in [0.1, 0.15) is 0 Å². The summed E-state index contributed by atoms with van der Waals surface area (Å²) in [6.07, 6.45) is 23.9. The molecule has 3 nitrogen and oxygen atoms in total. The summed E-state index contributed by atoms with van der Waals surface area (Å²) in [5.41, 5.74) is 0. The number of allylic oxidation sites excluding steroid dienone is 2. The van der Waals surface area contributed by atoms with Crippen LogP contribution in [0.3, 0.4) is 0 Å². The molecule has 0 aromatic rings. The van der Waals surface area contributed by atoms with E-state index in [0.717, 1.165) is 19.4 Å². The number of rotatable bonds is 16. The van der Waals surface area contributed by atoms with Crippen LogP contribution >= 0.6 is 0 Å². The molecule has 0 amide bonds. The van der Waals surface area contributed by atoms with Gasteiger partial charge in [0, 0.05) is 12.5 Å². The molecule has 1 aliphatic carbocycles. The molecule has 1 fully saturated rings. The molecule has 0 bridgehead atoms. The molecule has 1 saturated carbocycles. The minimum absolute atomic E-state index is 0.317. The Labute approximate surface area is 162 Å². The smallest absolute Gasteiger partial charge is 0.303 e. The highest BCUT2D eigenvalue weighted by atomic mass is 16.4. The SMILES string of the molecule is CCCCCCC=CCCCC(CCCC(=O)O)CNC1CCCCC1. The standard InChI is InChI=1S/C23H43NO2/c1-2-3-4-5-6-7-8-9-11-15-21(16-14-19-23(25)26)20-24-22-17-12-10-13-18-22/h7-8,21-22,24H,2-6,9-20H2,1H3,(H,25,26). The lowest BCUT2D eigenvalue weighted by atomic mass is 9.92. The minimum atomic E-state index is -0.657. The zero-order valence-electron chi connectivity index (χ0n) is 17.2. The van der Waals surface area contributed by atoms with Crippen molar-refractivity contribution in [2.24, 2.45) is 5.92 Å². The van der Waals surface area contributed by atoms with Crippen molar-refractivity contribution >= 4 is 5.97 Å². The van der Waals surface area contributed by atoms with E-state index in [4.69, 9.17) is 5.11 Å². The molecule has 0 aromatic heterocycles. The van der Waals surface area contributed by atoms with Crippen LogP contribution in [0, 0.1) is 5.92 Å². The van der Waals surface area contributed by atoms with E-state index in [2.05, 4.69) is 24.4 Å². The van der Waals surface area contributed by atoms with E-state index < -0.39 is 5.97 Å². The maximum Gasteiger partial charge on any atom is 0.303 e. The second-order valence-corrected chi connectivity index (χ2v) is 8.15. The van der Waals surface area contributed by atoms with Crippen LogP contribution in [0.4, 0.5) is 0 Å². The van der Waals surface area contributed by atoms with Crippen molar-refractivity contribution in [1.82, 2.24) is 5.32 Å². The molecule has 0 radical (unpaired) electrons. The lowest BCUT2D eigenvalue weighted by Gasteiger charge is -2.26. The Balaban J connectivity index is 2.18. The Morgan fingerprint density at radius 2 is 1.69 bits per heavy atom. The Kier molecular flexibility index (Phi) is 14.6. The molecule has 3 heteroatoms. The molecule has 0 aliphatic heterocycles. The first-order valence-corrected chi connectivity index (χ1v) is 11.3. The van der Waals surface area contributed by atoms with Gasteiger partial charge >= 0.3 is 5.97 Å². The molecule has 0 spiro atoms. The molecule has 26 heavy (non-hydrogen) atoms. The normalized spacial score (nSPS) is 17.0. The van der Waals surface area contributed by atoms with Gasteiger partial charge in [0.2, 0.25) is 0 Å². The summed E-state index contributed by atoms with van der Waals surface area (Å²) < 4.78 is 0. The zero-order valence-corrected chi connectivity index (χ0v) is 17.2. The van der Waals surface area contributed by atoms with Crippen LogP contribution in [0.25, 0.3) is 0 Å². The van der Waals surface area contributed by atoms with Crippen LogP contribution in [0.15, 0.2) is 12.2 Å². The van der Waals surface area contributed by atoms with Crippen molar-refractivity contribution < 1.29 is 9.90 Å². The topological polar surface area (TPSA) is 49.3 Å². The number of aliphatic carboxylic acids is 1. The van der Waals surface area contributed by atoms with Crippen molar-refractivity contribution in [1.29, 1.82) is 0 Å². The van der Waals surface area contributed by atoms with Gasteiger partial charge in [0.25, 0.3) is 0 Å². The molecule has 0 heterocycles. The predicted molar refractivity (Wildman–Crippen MR) is 112 cm³/mol. The maximum absolute atomic E-state index is 10.8. The Morgan fingerprint density at radius 3 is 2.38 bits per heavy atom. The summed E-state index contributed by atoms with van der Waals surface area (Å²) in [5.74, 6) is -0.0239. The Morgan fingerprint density at radius 1 is 1.00 bits per heavy atom. The molecular weight excluding hydrogens is 322 g/mol. The molecule has 2 N–H and O–H groups in total. The fourth-order valence-corrected chi connectivity index (χ4v) is 3.98. The number of carbonyl (C=O) groups is 1. The van der Waals surface area contributed by atoms with Crippen molar-refractivity contribution in [3.63, 3.8) is 0 Å². The third kappa shape index (κ3) is 13.4. The van der Waals surface area contributed by atoms with Crippen molar-refractivity contribution in [3.8, 4) is 0 Å². The monoisotopic (exact) mass is 365 g/mol. The summed E-state index contributed by atoms with van der Waals surface area (Å²) in [4.78, 5) is 10.8. The summed E-state index contributed by atoms with van der Waals surface area (Å²) >= 11 is 0. The van der Waals surface area contributed by atoms with Crippen LogP contribution in [0.5, 0.6) is 0 Å². The van der Waals surface area contributed by atoms with E-state index in [1.165, 1.54) is 83.5 Å². The van der Waals surface area contributed by atoms with Gasteiger partial charge in [-0.1, -0.05) is 57.6 Å². The van der Waals surface area contributed by atoms with Crippen molar-refractivity contribution in [2.45, 2.75) is 116 Å². The summed E-state index contributed by atoms with van der Waals surface area (Å²) in [6, 6.07) is 0.703. The molecule has 1 atom stereocenters. The number of carboxylic acid groups (broad SMARTS) is 1. The maximum atomic E-state index is 10.8. The molecule has 0 aromatic carbocycles. The van der Waals surface area contributed by atoms with Gasteiger partial charge in [-0.3, -0.25) is 4.79 Å². The minimum Gasteiger partial charge on any atom is -0.481 e. The fraction of sp³-hybridized carbons (Fsp3) is 0.870. The highest BCUT2D eigenvalue weighted by Gasteiger charge is 2.15. The average molecular weight is 366 g/mol. The summed E-state index contributed by atoms with van der Waals surface area (Å²) in [7, 11) is 0. The van der Waals surface area contributed by atoms with Gasteiger partial charge in [-0.15, -0.1) is 0 Å². The third-order valence-corrected chi connectivity index (χ3v) is 5.68. The van der Waals surface area contributed by atoms with E-state index in [9.17, 15) is 4.79 Å². The highest BCUT2D eigenvalue weighted by Crippen LogP contribution is 2.20. The van der Waals surface area contributed by atoms with E-state index in [0.29, 0.717) is 18.4 Å². The Bertz CT molecular complexity index is 361. The average Bonchev–Trinajstić information content (AvgIpc) is 2.64. The van der Waals surface area contributed by atoms with Crippen LogP contribution in [0.1, 0.15) is 110 Å². The summed E-state index contributed by atoms with van der Waals surface area (Å²) in [5, 5.41) is 12.7. The first kappa shape index (κ1) is 23.2. The molecule has 1 aliphatic rings. The molecule has 1 unspecified atom stereocenters. The zero-order chi connectivity index (χ0) is 18.9. The van der Waals surface area contributed by atoms with Crippen LogP contribution in [-0.2, 0) is 4.79 Å². The van der Waals surface area contributed by atoms with E-state index in [-0.39, 0.29) is 0 Å². The van der Waals surface area contributed by atoms with Crippen LogP contribution < -0.4 is 5.32 Å². The van der Waals surface area contributed by atoms with Crippen molar-refractivity contribution in [3.05, 3.63) is 12.2 Å². The molecular formula is C23H43NO2. The highest BCUT2D eigenvalue weighted by molar-refractivity contribution is 5.66. The van der Waals surface area contributed by atoms with E-state index >= 15 is 0 Å². The van der Waals surface area contributed by atoms with Gasteiger partial charge in [0.05, 0.1) is 0 Å². The van der Waals surface area contributed by atoms with Crippen LogP contribution in [0.2, 0.25) is 0 Å². The molecule has 152 valence electrons. The predicted octanol–water partition coefficient (Wildman–Crippen LogP) is 6.48. The molecule has 1 rings (SSSR count). The quantitative estimate of drug-likeness (QED) is 0.243. The molecule has 0 saturated heterocycles. The van der Waals surface area contributed by atoms with Crippen molar-refractivity contribution in [2.75, 3.05) is 6.54 Å². The van der Waals surface area contributed by atoms with Gasteiger partial charge < -0.3 is 10.4 Å². The second-order valence-electron chi connectivity index (χ2n) is 8.15. The van der Waals surface area contributed by atoms with Gasteiger partial charge in [-0.05, 0) is 70.3 Å². The van der Waals surface area contributed by atoms with Gasteiger partial charge in [-0.25, -0.2) is 0 Å². The second kappa shape index (κ2) is 16.4. The van der Waals surface area contributed by atoms with Crippen LogP contribution in [-0.4, -0.2) is 23.7 Å². The first-order chi connectivity index (χ1) is 12.7. The van der Waals surface area contributed by atoms with E-state index in [1.54, 1.807) is 0 Å². The number of unbranched alkanes of at least 4 members (excludes halogenated alkanes) is 5. The van der Waals surface area contributed by atoms with Gasteiger partial charge in [0.15, 0.2) is 0 Å². The number of hydrogen-bond acceptors (Lipinski definition) is 2. The lowest BCUT2D eigenvalue weighted by Crippen LogP contribution is -2.35. The number of carboxylic acids is 1. The fourth-order valence-electron chi connectivity index (χ4n) is 3.98. The largest absolute Gasteiger partial charge is 0.481 e. The van der Waals surface area contributed by atoms with E-state index in [1.807, 2.05) is 0 Å². The lowest BCUT2D eigenvalue weighted by molar-refractivity contribution is -0.137. The summed E-state index contributed by atoms with van der Waals surface area (Å²) in [6.45, 7) is 3.33. The van der Waals surface area contributed by atoms with Gasteiger partial charge in [-0.2, -0.15) is 0 Å². The number of nitrogens with one attached hydrogen (secondary N) is 1.